The van der Waals surface area contributed by atoms with Crippen LogP contribution in [-0.2, 0) is 14.4 Å². The van der Waals surface area contributed by atoms with Gasteiger partial charge < -0.3 is 20.0 Å². The normalized spacial score (nSPS) is 32.2. The number of rotatable bonds is 7. The molecule has 2 heterocycles. The Bertz CT molecular complexity index is 1030. The topological polar surface area (TPSA) is 73.0 Å². The van der Waals surface area contributed by atoms with Gasteiger partial charge in [-0.25, -0.2) is 0 Å². The monoisotopic (exact) mass is 520 g/mol. The molecule has 206 valence electrons. The molecule has 1 N–H and O–H groups in total. The van der Waals surface area contributed by atoms with Crippen molar-refractivity contribution in [3.05, 3.63) is 30.3 Å². The zero-order valence-electron chi connectivity index (χ0n) is 23.2. The number of likely N-dealkylation sites (tertiary alicyclic amines) is 1. The van der Waals surface area contributed by atoms with Crippen LogP contribution in [0.4, 0.5) is 5.69 Å². The Morgan fingerprint density at radius 2 is 1.61 bits per heavy atom. The van der Waals surface area contributed by atoms with Gasteiger partial charge in [0.15, 0.2) is 0 Å². The van der Waals surface area contributed by atoms with E-state index in [1.165, 1.54) is 19.3 Å². The lowest BCUT2D eigenvalue weighted by Gasteiger charge is -2.57. The van der Waals surface area contributed by atoms with Crippen molar-refractivity contribution in [3.8, 4) is 0 Å². The van der Waals surface area contributed by atoms with Crippen LogP contribution in [0.5, 0.6) is 0 Å². The minimum atomic E-state index is -0.698. The Kier molecular flexibility index (Phi) is 6.68. The van der Waals surface area contributed by atoms with E-state index in [4.69, 9.17) is 0 Å². The Balaban J connectivity index is 1.17. The maximum Gasteiger partial charge on any atom is 0.250 e. The Labute approximate surface area is 227 Å². The average Bonchev–Trinajstić information content (AvgIpc) is 3.17. The van der Waals surface area contributed by atoms with Crippen molar-refractivity contribution < 1.29 is 14.4 Å². The van der Waals surface area contributed by atoms with Gasteiger partial charge in [0.1, 0.15) is 12.1 Å². The summed E-state index contributed by atoms with van der Waals surface area (Å²) < 4.78 is 0. The van der Waals surface area contributed by atoms with Gasteiger partial charge in [0.2, 0.25) is 11.8 Å². The number of nitrogens with zero attached hydrogens (tertiary/aromatic N) is 3. The van der Waals surface area contributed by atoms with E-state index in [0.29, 0.717) is 51.0 Å². The second-order valence-electron chi connectivity index (χ2n) is 13.2. The predicted octanol–water partition coefficient (Wildman–Crippen LogP) is 4.03. The first-order chi connectivity index (χ1) is 18.3. The van der Waals surface area contributed by atoms with Gasteiger partial charge in [-0.15, -0.1) is 0 Å². The fourth-order valence-corrected chi connectivity index (χ4v) is 8.77. The number of para-hydroxylation sites is 1. The summed E-state index contributed by atoms with van der Waals surface area (Å²) >= 11 is 0. The summed E-state index contributed by atoms with van der Waals surface area (Å²) in [7, 11) is 0. The van der Waals surface area contributed by atoms with Gasteiger partial charge in [-0.3, -0.25) is 14.4 Å². The number of piperidine rings is 1. The molecule has 4 aliphatic carbocycles. The smallest absolute Gasteiger partial charge is 0.250 e. The quantitative estimate of drug-likeness (QED) is 0.589. The van der Waals surface area contributed by atoms with Gasteiger partial charge in [-0.1, -0.05) is 38.5 Å². The molecule has 1 aromatic rings. The Morgan fingerprint density at radius 1 is 1.00 bits per heavy atom. The first kappa shape index (κ1) is 25.7. The molecule has 0 radical (unpaired) electrons. The van der Waals surface area contributed by atoms with Crippen LogP contribution >= 0.6 is 0 Å². The van der Waals surface area contributed by atoms with Gasteiger partial charge in [0.25, 0.3) is 5.91 Å². The summed E-state index contributed by atoms with van der Waals surface area (Å²) in [6.45, 7) is 6.58. The third-order valence-corrected chi connectivity index (χ3v) is 10.6. The van der Waals surface area contributed by atoms with E-state index < -0.39 is 5.54 Å². The van der Waals surface area contributed by atoms with Gasteiger partial charge in [-0.2, -0.15) is 0 Å². The van der Waals surface area contributed by atoms with Crippen LogP contribution in [0.3, 0.4) is 0 Å². The van der Waals surface area contributed by atoms with Crippen LogP contribution in [0.15, 0.2) is 30.3 Å². The molecule has 3 amide bonds. The largest absolute Gasteiger partial charge is 0.354 e. The molecule has 7 nitrogen and oxygen atoms in total. The number of nitrogens with one attached hydrogen (secondary N) is 1. The third-order valence-electron chi connectivity index (χ3n) is 10.6. The molecule has 6 aliphatic rings. The molecule has 0 aromatic heterocycles. The number of carbonyl (C=O) groups excluding carboxylic acids is 3. The van der Waals surface area contributed by atoms with E-state index in [-0.39, 0.29) is 23.8 Å². The zero-order chi connectivity index (χ0) is 26.5. The van der Waals surface area contributed by atoms with E-state index in [9.17, 15) is 14.4 Å². The predicted molar refractivity (Wildman–Crippen MR) is 147 cm³/mol. The van der Waals surface area contributed by atoms with Crippen molar-refractivity contribution in [1.82, 2.24) is 15.1 Å². The first-order valence-electron chi connectivity index (χ1n) is 15.0. The van der Waals surface area contributed by atoms with E-state index in [2.05, 4.69) is 41.1 Å². The highest BCUT2D eigenvalue weighted by Crippen LogP contribution is 2.60. The van der Waals surface area contributed by atoms with E-state index in [1.54, 1.807) is 4.90 Å². The summed E-state index contributed by atoms with van der Waals surface area (Å²) in [4.78, 5) is 46.8. The summed E-state index contributed by atoms with van der Waals surface area (Å²) in [6.07, 6.45) is 9.46. The highest BCUT2D eigenvalue weighted by atomic mass is 16.2. The van der Waals surface area contributed by atoms with Crippen LogP contribution in [-0.4, -0.2) is 65.9 Å². The number of amides is 3. The minimum Gasteiger partial charge on any atom is -0.354 e. The van der Waals surface area contributed by atoms with E-state index in [0.717, 1.165) is 49.1 Å². The van der Waals surface area contributed by atoms with Gasteiger partial charge in [0, 0.05) is 25.3 Å². The lowest BCUT2D eigenvalue weighted by Crippen LogP contribution is -2.61. The van der Waals surface area contributed by atoms with Crippen LogP contribution in [0, 0.1) is 29.1 Å². The Hall–Kier alpha value is -2.57. The molecule has 1 atom stereocenters. The fourth-order valence-electron chi connectivity index (χ4n) is 8.77. The maximum atomic E-state index is 14.0. The van der Waals surface area contributed by atoms with Crippen molar-refractivity contribution in [1.29, 1.82) is 0 Å². The van der Waals surface area contributed by atoms with Gasteiger partial charge >= 0.3 is 0 Å². The molecule has 1 spiro atoms. The summed E-state index contributed by atoms with van der Waals surface area (Å²) in [5.74, 6) is 2.93. The maximum absolute atomic E-state index is 14.0. The number of benzene rings is 1. The standard InChI is InChI=1S/C31H44N4O3/c1-3-22(2)19-32-27(36)20-34-21-35(26-7-5-4-6-8-26)31(29(34)38)9-11-33(12-10-31)28(37)30-16-23-13-24(17-30)15-25(14-23)18-30/h4-8,22-25H,3,9-21H2,1-2H3,(H,32,36). The summed E-state index contributed by atoms with van der Waals surface area (Å²) in [5.41, 5.74) is 0.165. The minimum absolute atomic E-state index is 0.0296. The molecule has 2 saturated heterocycles. The molecule has 38 heavy (non-hydrogen) atoms. The SMILES string of the molecule is CCC(C)CNC(=O)CN1CN(c2ccccc2)C2(CCN(C(=O)C34CC5CC(CC(C5)C3)C4)CC2)C1=O. The third kappa shape index (κ3) is 4.40. The summed E-state index contributed by atoms with van der Waals surface area (Å²) in [6, 6.07) is 10.1. The van der Waals surface area contributed by atoms with Crippen molar-refractivity contribution in [2.24, 2.45) is 29.1 Å². The zero-order valence-corrected chi connectivity index (χ0v) is 23.2. The number of anilines is 1. The van der Waals surface area contributed by atoms with E-state index >= 15 is 0 Å². The molecule has 4 bridgehead atoms. The van der Waals surface area contributed by atoms with Crippen LogP contribution in [0.25, 0.3) is 0 Å². The molecule has 2 aliphatic heterocycles. The van der Waals surface area contributed by atoms with Crippen LogP contribution in [0.1, 0.15) is 71.6 Å². The fraction of sp³-hybridized carbons (Fsp3) is 0.710. The van der Waals surface area contributed by atoms with Gasteiger partial charge in [-0.05, 0) is 87.2 Å². The molecule has 4 saturated carbocycles. The van der Waals surface area contributed by atoms with E-state index in [1.807, 2.05) is 18.2 Å². The first-order valence-corrected chi connectivity index (χ1v) is 15.0. The molecule has 6 fully saturated rings. The molecular formula is C31H44N4O3. The lowest BCUT2D eigenvalue weighted by molar-refractivity contribution is -0.160. The number of hydrogen-bond donors (Lipinski definition) is 1. The van der Waals surface area contributed by atoms with Crippen molar-refractivity contribution in [2.45, 2.75) is 77.2 Å². The summed E-state index contributed by atoms with van der Waals surface area (Å²) in [5, 5.41) is 3.01. The van der Waals surface area contributed by atoms with Gasteiger partial charge in [0.05, 0.1) is 12.1 Å². The molecule has 1 aromatic carbocycles. The Morgan fingerprint density at radius 3 is 2.18 bits per heavy atom. The average molecular weight is 521 g/mol. The lowest BCUT2D eigenvalue weighted by atomic mass is 9.49. The van der Waals surface area contributed by atoms with Crippen molar-refractivity contribution >= 4 is 23.4 Å². The number of carbonyl (C=O) groups is 3. The molecular weight excluding hydrogens is 476 g/mol. The number of hydrogen-bond acceptors (Lipinski definition) is 4. The molecule has 7 heteroatoms. The second kappa shape index (κ2) is 9.87. The molecule has 7 rings (SSSR count). The van der Waals surface area contributed by atoms with Crippen LogP contribution in [0.2, 0.25) is 0 Å². The highest BCUT2D eigenvalue weighted by Gasteiger charge is 2.58. The van der Waals surface area contributed by atoms with Crippen LogP contribution < -0.4 is 10.2 Å². The highest BCUT2D eigenvalue weighted by molar-refractivity contribution is 5.96. The van der Waals surface area contributed by atoms with Crippen molar-refractivity contribution in [3.63, 3.8) is 0 Å². The van der Waals surface area contributed by atoms with Crippen molar-refractivity contribution in [2.75, 3.05) is 37.7 Å². The second-order valence-corrected chi connectivity index (χ2v) is 13.2. The molecule has 1 unspecified atom stereocenters.